The van der Waals surface area contributed by atoms with Crippen LogP contribution in [-0.2, 0) is 0 Å². The van der Waals surface area contributed by atoms with Crippen molar-refractivity contribution in [3.05, 3.63) is 0 Å². The summed E-state index contributed by atoms with van der Waals surface area (Å²) in [6.45, 7) is 2.29. The van der Waals surface area contributed by atoms with Gasteiger partial charge in [0.05, 0.1) is 6.07 Å². The first-order valence-corrected chi connectivity index (χ1v) is 3.79. The van der Waals surface area contributed by atoms with E-state index >= 15 is 0 Å². The maximum absolute atomic E-state index is 8.63. The van der Waals surface area contributed by atoms with Gasteiger partial charge in [0.25, 0.3) is 0 Å². The van der Waals surface area contributed by atoms with Crippen LogP contribution < -0.4 is 0 Å². The molecule has 0 aromatic carbocycles. The van der Waals surface area contributed by atoms with Crippen molar-refractivity contribution in [1.29, 1.82) is 5.26 Å². The molecule has 0 saturated heterocycles. The Morgan fingerprint density at radius 3 is 2.70 bits per heavy atom. The van der Waals surface area contributed by atoms with Crippen molar-refractivity contribution < 1.29 is 5.11 Å². The van der Waals surface area contributed by atoms with E-state index in [9.17, 15) is 0 Å². The lowest BCUT2D eigenvalue weighted by atomic mass is 10.0. The number of aliphatic hydroxyl groups excluding tert-OH is 1. The van der Waals surface area contributed by atoms with Gasteiger partial charge >= 0.3 is 0 Å². The van der Waals surface area contributed by atoms with Crippen molar-refractivity contribution in [3.63, 3.8) is 0 Å². The minimum atomic E-state index is 0.270. The van der Waals surface area contributed by atoms with Gasteiger partial charge in [-0.15, -0.1) is 0 Å². The van der Waals surface area contributed by atoms with Gasteiger partial charge in [-0.25, -0.2) is 0 Å². The molecule has 10 heavy (non-hydrogen) atoms. The van der Waals surface area contributed by atoms with E-state index in [-0.39, 0.29) is 6.61 Å². The number of nitrogens with zero attached hydrogens (tertiary/aromatic N) is 1. The molecule has 2 heteroatoms. The van der Waals surface area contributed by atoms with Gasteiger partial charge in [-0.2, -0.15) is 5.26 Å². The molecule has 2 nitrogen and oxygen atoms in total. The van der Waals surface area contributed by atoms with Crippen molar-refractivity contribution >= 4 is 0 Å². The Morgan fingerprint density at radius 2 is 2.20 bits per heavy atom. The second-order valence-corrected chi connectivity index (χ2v) is 2.69. The summed E-state index contributed by atoms with van der Waals surface area (Å²) in [7, 11) is 0. The van der Waals surface area contributed by atoms with Gasteiger partial charge in [0.15, 0.2) is 0 Å². The third kappa shape index (κ3) is 5.58. The molecular weight excluding hydrogens is 126 g/mol. The maximum Gasteiger partial charge on any atom is 0.0621 e. The van der Waals surface area contributed by atoms with Gasteiger partial charge in [0.1, 0.15) is 0 Å². The number of hydrogen-bond donors (Lipinski definition) is 1. The van der Waals surface area contributed by atoms with E-state index < -0.39 is 0 Å². The Kier molecular flexibility index (Phi) is 6.21. The molecule has 0 bridgehead atoms. The molecule has 58 valence electrons. The van der Waals surface area contributed by atoms with Gasteiger partial charge in [0, 0.05) is 13.0 Å². The summed E-state index contributed by atoms with van der Waals surface area (Å²) in [6.07, 6.45) is 3.73. The Morgan fingerprint density at radius 1 is 1.50 bits per heavy atom. The quantitative estimate of drug-likeness (QED) is 0.592. The van der Waals surface area contributed by atoms with Crippen molar-refractivity contribution in [1.82, 2.24) is 0 Å². The molecule has 0 aromatic rings. The van der Waals surface area contributed by atoms with E-state index in [0.717, 1.165) is 19.3 Å². The highest BCUT2D eigenvalue weighted by atomic mass is 16.3. The molecular formula is C8H15NO. The van der Waals surface area contributed by atoms with E-state index in [0.29, 0.717) is 12.3 Å². The molecule has 1 N–H and O–H groups in total. The lowest BCUT2D eigenvalue weighted by Gasteiger charge is -2.04. The molecule has 0 spiro atoms. The monoisotopic (exact) mass is 141 g/mol. The topological polar surface area (TPSA) is 44.0 Å². The molecule has 0 aliphatic heterocycles. The van der Waals surface area contributed by atoms with Crippen molar-refractivity contribution in [2.24, 2.45) is 5.92 Å². The third-order valence-corrected chi connectivity index (χ3v) is 1.55. The van der Waals surface area contributed by atoms with Gasteiger partial charge < -0.3 is 5.11 Å². The highest BCUT2D eigenvalue weighted by Crippen LogP contribution is 2.07. The normalized spacial score (nSPS) is 12.5. The van der Waals surface area contributed by atoms with Gasteiger partial charge in [-0.3, -0.25) is 0 Å². The summed E-state index contributed by atoms with van der Waals surface area (Å²) in [5, 5.41) is 16.8. The number of nitriles is 1. The van der Waals surface area contributed by atoms with Gasteiger partial charge in [0.2, 0.25) is 0 Å². The Labute approximate surface area is 62.5 Å². The first kappa shape index (κ1) is 9.45. The predicted octanol–water partition coefficient (Wildman–Crippen LogP) is 1.70. The first-order chi connectivity index (χ1) is 4.81. The second kappa shape index (κ2) is 6.57. The zero-order valence-electron chi connectivity index (χ0n) is 6.51. The maximum atomic E-state index is 8.63. The minimum Gasteiger partial charge on any atom is -0.396 e. The summed E-state index contributed by atoms with van der Waals surface area (Å²) in [5.74, 6) is 0.402. The summed E-state index contributed by atoms with van der Waals surface area (Å²) >= 11 is 0. The van der Waals surface area contributed by atoms with Crippen LogP contribution in [0.1, 0.15) is 32.6 Å². The Hall–Kier alpha value is -0.550. The third-order valence-electron chi connectivity index (χ3n) is 1.55. The van der Waals surface area contributed by atoms with Crippen LogP contribution in [0, 0.1) is 17.2 Å². The molecule has 0 aliphatic rings. The molecule has 0 rings (SSSR count). The molecule has 1 atom stereocenters. The molecule has 0 heterocycles. The zero-order chi connectivity index (χ0) is 7.82. The van der Waals surface area contributed by atoms with Crippen LogP contribution in [0.15, 0.2) is 0 Å². The second-order valence-electron chi connectivity index (χ2n) is 2.69. The number of rotatable bonds is 5. The molecule has 0 amide bonds. The molecule has 0 saturated carbocycles. The van der Waals surface area contributed by atoms with Crippen LogP contribution in [-0.4, -0.2) is 11.7 Å². The van der Waals surface area contributed by atoms with Gasteiger partial charge in [-0.1, -0.05) is 13.3 Å². The van der Waals surface area contributed by atoms with Crippen molar-refractivity contribution in [2.45, 2.75) is 32.6 Å². The SMILES string of the molecule is CC(CO)CCCCC#N. The molecule has 0 aromatic heterocycles. The van der Waals surface area contributed by atoms with E-state index in [2.05, 4.69) is 6.07 Å². The lowest BCUT2D eigenvalue weighted by molar-refractivity contribution is 0.227. The average molecular weight is 141 g/mol. The van der Waals surface area contributed by atoms with Crippen LogP contribution in [0.5, 0.6) is 0 Å². The highest BCUT2D eigenvalue weighted by molar-refractivity contribution is 4.68. The van der Waals surface area contributed by atoms with Gasteiger partial charge in [-0.05, 0) is 18.8 Å². The molecule has 0 fully saturated rings. The standard InChI is InChI=1S/C8H15NO/c1-8(7-10)5-3-2-4-6-9/h8,10H,2-5,7H2,1H3. The van der Waals surface area contributed by atoms with E-state index in [4.69, 9.17) is 10.4 Å². The fourth-order valence-corrected chi connectivity index (χ4v) is 0.788. The van der Waals surface area contributed by atoms with Crippen LogP contribution in [0.4, 0.5) is 0 Å². The van der Waals surface area contributed by atoms with Crippen molar-refractivity contribution in [2.75, 3.05) is 6.61 Å². The van der Waals surface area contributed by atoms with Crippen LogP contribution in [0.25, 0.3) is 0 Å². The summed E-state index contributed by atoms with van der Waals surface area (Å²) in [5.41, 5.74) is 0. The lowest BCUT2D eigenvalue weighted by Crippen LogP contribution is -1.99. The van der Waals surface area contributed by atoms with Crippen LogP contribution >= 0.6 is 0 Å². The van der Waals surface area contributed by atoms with E-state index in [1.54, 1.807) is 0 Å². The van der Waals surface area contributed by atoms with Crippen molar-refractivity contribution in [3.8, 4) is 6.07 Å². The fourth-order valence-electron chi connectivity index (χ4n) is 0.788. The van der Waals surface area contributed by atoms with Crippen LogP contribution in [0.3, 0.4) is 0 Å². The summed E-state index contributed by atoms with van der Waals surface area (Å²) in [6, 6.07) is 2.10. The smallest absolute Gasteiger partial charge is 0.0621 e. The number of aliphatic hydroxyl groups is 1. The molecule has 1 unspecified atom stereocenters. The average Bonchev–Trinajstić information content (AvgIpc) is 1.98. The highest BCUT2D eigenvalue weighted by Gasteiger charge is 1.97. The minimum absolute atomic E-state index is 0.270. The summed E-state index contributed by atoms with van der Waals surface area (Å²) < 4.78 is 0. The Bertz CT molecular complexity index is 106. The van der Waals surface area contributed by atoms with E-state index in [1.165, 1.54) is 0 Å². The Balaban J connectivity index is 2.98. The first-order valence-electron chi connectivity index (χ1n) is 3.79. The number of unbranched alkanes of at least 4 members (excludes halogenated alkanes) is 2. The zero-order valence-corrected chi connectivity index (χ0v) is 6.51. The summed E-state index contributed by atoms with van der Waals surface area (Å²) in [4.78, 5) is 0. The fraction of sp³-hybridized carbons (Fsp3) is 0.875. The van der Waals surface area contributed by atoms with E-state index in [1.807, 2.05) is 6.92 Å². The van der Waals surface area contributed by atoms with Crippen LogP contribution in [0.2, 0.25) is 0 Å². The molecule has 0 aliphatic carbocycles. The molecule has 0 radical (unpaired) electrons. The largest absolute Gasteiger partial charge is 0.396 e. The predicted molar refractivity (Wildman–Crippen MR) is 40.3 cm³/mol. The number of hydrogen-bond acceptors (Lipinski definition) is 2.